The van der Waals surface area contributed by atoms with Crippen LogP contribution in [0.5, 0.6) is 0 Å². The first-order valence-corrected chi connectivity index (χ1v) is 13.6. The molecule has 1 spiro atoms. The first-order chi connectivity index (χ1) is 18.0. The lowest BCUT2D eigenvalue weighted by Gasteiger charge is -2.42. The molecule has 1 saturated heterocycles. The van der Waals surface area contributed by atoms with E-state index in [1.165, 1.54) is 16.0 Å². The molecule has 1 saturated carbocycles. The lowest BCUT2D eigenvalue weighted by Crippen LogP contribution is -2.54. The van der Waals surface area contributed by atoms with E-state index in [2.05, 4.69) is 17.4 Å². The number of β-amino-alcohol motifs (C(OH)–C–C–N with tert-alkyl or cyclic N) is 1. The van der Waals surface area contributed by atoms with Gasteiger partial charge in [0.25, 0.3) is 17.7 Å². The molecule has 39 heavy (non-hydrogen) atoms. The maximum absolute atomic E-state index is 14.7. The summed E-state index contributed by atoms with van der Waals surface area (Å²) in [6, 6.07) is 12.9. The van der Waals surface area contributed by atoms with Crippen LogP contribution in [0.2, 0.25) is 0 Å². The summed E-state index contributed by atoms with van der Waals surface area (Å²) in [6.07, 6.45) is 1.36. The summed E-state index contributed by atoms with van der Waals surface area (Å²) in [7, 11) is 0. The highest BCUT2D eigenvalue weighted by molar-refractivity contribution is 6.00. The van der Waals surface area contributed by atoms with Crippen LogP contribution in [0, 0.1) is 5.41 Å². The van der Waals surface area contributed by atoms with Gasteiger partial charge in [-0.05, 0) is 60.6 Å². The molecule has 3 aliphatic heterocycles. The predicted molar refractivity (Wildman–Crippen MR) is 147 cm³/mol. The Hall–Kier alpha value is -2.55. The Morgan fingerprint density at radius 1 is 1.10 bits per heavy atom. The molecular formula is C30H36ClF2N3O3. The highest BCUT2D eigenvalue weighted by Gasteiger charge is 2.64. The molecular weight excluding hydrogens is 524 g/mol. The van der Waals surface area contributed by atoms with Crippen LogP contribution in [0.15, 0.2) is 42.5 Å². The van der Waals surface area contributed by atoms with E-state index in [0.717, 1.165) is 5.56 Å². The standard InChI is InChI=1S/C30H35F2N3O3.ClH/c1-28(2)17-35(16-25(36)24-14-19-5-3-4-6-21(19)15-33-24)27(38)22-8-7-20(13-23(22)28)26(37)34-12-11-29(9-10-29)30(31,32)18-34;/h3-8,13,24-25,33,36H,9-12,14-18H2,1-2H3;1H/t24-,25+;/m0./s1. The fraction of sp³-hybridized carbons (Fsp3) is 0.533. The molecule has 0 aromatic heterocycles. The molecule has 2 N–H and O–H groups in total. The van der Waals surface area contributed by atoms with Crippen LogP contribution in [0.3, 0.4) is 0 Å². The molecule has 6 rings (SSSR count). The molecule has 6 nitrogen and oxygen atoms in total. The molecule has 0 radical (unpaired) electrons. The number of aliphatic hydroxyl groups excluding tert-OH is 1. The van der Waals surface area contributed by atoms with Crippen molar-refractivity contribution in [1.29, 1.82) is 0 Å². The predicted octanol–water partition coefficient (Wildman–Crippen LogP) is 4.18. The molecule has 2 amide bonds. The highest BCUT2D eigenvalue weighted by Crippen LogP contribution is 2.61. The Labute approximate surface area is 234 Å². The number of likely N-dealkylation sites (tertiary alicyclic amines) is 1. The van der Waals surface area contributed by atoms with Crippen molar-refractivity contribution in [3.05, 3.63) is 70.3 Å². The second-order valence-corrected chi connectivity index (χ2v) is 12.3. The fourth-order valence-corrected chi connectivity index (χ4v) is 6.62. The van der Waals surface area contributed by atoms with Gasteiger partial charge in [0, 0.05) is 54.2 Å². The van der Waals surface area contributed by atoms with E-state index in [1.54, 1.807) is 23.1 Å². The molecule has 0 unspecified atom stereocenters. The van der Waals surface area contributed by atoms with E-state index in [9.17, 15) is 23.5 Å². The van der Waals surface area contributed by atoms with Gasteiger partial charge < -0.3 is 20.2 Å². The summed E-state index contributed by atoms with van der Waals surface area (Å²) in [5.41, 5.74) is 2.63. The molecule has 4 aliphatic rings. The molecule has 3 heterocycles. The molecule has 2 atom stereocenters. The van der Waals surface area contributed by atoms with Crippen molar-refractivity contribution in [2.75, 3.05) is 26.2 Å². The van der Waals surface area contributed by atoms with Crippen LogP contribution in [0.25, 0.3) is 0 Å². The number of piperidine rings is 1. The van der Waals surface area contributed by atoms with E-state index in [-0.39, 0.29) is 30.9 Å². The average molecular weight is 560 g/mol. The smallest absolute Gasteiger partial charge is 0.270 e. The van der Waals surface area contributed by atoms with Crippen LogP contribution >= 0.6 is 12.4 Å². The topological polar surface area (TPSA) is 72.9 Å². The first kappa shape index (κ1) is 28.0. The number of aliphatic hydroxyl groups is 1. The molecule has 2 fully saturated rings. The normalized spacial score (nSPS) is 24.8. The Balaban J connectivity index is 0.00000308. The summed E-state index contributed by atoms with van der Waals surface area (Å²) in [5, 5.41) is 14.5. The van der Waals surface area contributed by atoms with Crippen molar-refractivity contribution < 1.29 is 23.5 Å². The maximum atomic E-state index is 14.7. The van der Waals surface area contributed by atoms with Crippen molar-refractivity contribution >= 4 is 24.2 Å². The van der Waals surface area contributed by atoms with Crippen molar-refractivity contribution in [3.8, 4) is 0 Å². The summed E-state index contributed by atoms with van der Waals surface area (Å²) in [5.74, 6) is -3.46. The molecule has 1 aliphatic carbocycles. The lowest BCUT2D eigenvalue weighted by atomic mass is 9.77. The van der Waals surface area contributed by atoms with Gasteiger partial charge in [0.1, 0.15) is 0 Å². The van der Waals surface area contributed by atoms with E-state index in [1.807, 2.05) is 26.0 Å². The van der Waals surface area contributed by atoms with Gasteiger partial charge in [-0.3, -0.25) is 9.59 Å². The van der Waals surface area contributed by atoms with Gasteiger partial charge >= 0.3 is 0 Å². The number of carbonyl (C=O) groups is 2. The second-order valence-electron chi connectivity index (χ2n) is 12.3. The van der Waals surface area contributed by atoms with Gasteiger partial charge in [0.05, 0.1) is 12.6 Å². The largest absolute Gasteiger partial charge is 0.390 e. The quantitative estimate of drug-likeness (QED) is 0.589. The third kappa shape index (κ3) is 4.85. The van der Waals surface area contributed by atoms with E-state index in [4.69, 9.17) is 0 Å². The molecule has 2 aromatic carbocycles. The molecule has 0 bridgehead atoms. The lowest BCUT2D eigenvalue weighted by molar-refractivity contribution is -0.116. The minimum Gasteiger partial charge on any atom is -0.390 e. The maximum Gasteiger partial charge on any atom is 0.270 e. The van der Waals surface area contributed by atoms with Crippen molar-refractivity contribution in [2.45, 2.75) is 69.6 Å². The zero-order chi connectivity index (χ0) is 26.9. The highest BCUT2D eigenvalue weighted by atomic mass is 35.5. The van der Waals surface area contributed by atoms with Crippen LogP contribution in [0.4, 0.5) is 8.78 Å². The number of nitrogens with zero attached hydrogens (tertiary/aromatic N) is 2. The average Bonchev–Trinajstić information content (AvgIpc) is 3.69. The van der Waals surface area contributed by atoms with Gasteiger partial charge in [0.15, 0.2) is 0 Å². The van der Waals surface area contributed by atoms with Crippen molar-refractivity contribution in [1.82, 2.24) is 15.1 Å². The Morgan fingerprint density at radius 2 is 1.82 bits per heavy atom. The van der Waals surface area contributed by atoms with Gasteiger partial charge in [-0.15, -0.1) is 12.4 Å². The number of hydrogen-bond acceptors (Lipinski definition) is 4. The van der Waals surface area contributed by atoms with Crippen LogP contribution in [0.1, 0.15) is 70.5 Å². The number of halogens is 3. The Bertz CT molecular complexity index is 1300. The summed E-state index contributed by atoms with van der Waals surface area (Å²) < 4.78 is 29.4. The van der Waals surface area contributed by atoms with E-state index >= 15 is 0 Å². The van der Waals surface area contributed by atoms with Gasteiger partial charge in [-0.25, -0.2) is 8.78 Å². The zero-order valence-corrected chi connectivity index (χ0v) is 23.2. The summed E-state index contributed by atoms with van der Waals surface area (Å²) in [6.45, 7) is 5.07. The molecule has 2 aromatic rings. The summed E-state index contributed by atoms with van der Waals surface area (Å²) >= 11 is 0. The number of fused-ring (bicyclic) bond motifs is 2. The molecule has 210 valence electrons. The number of nitrogens with one attached hydrogen (secondary N) is 1. The van der Waals surface area contributed by atoms with Gasteiger partial charge in [-0.2, -0.15) is 0 Å². The van der Waals surface area contributed by atoms with Crippen LogP contribution in [-0.4, -0.2) is 71.0 Å². The van der Waals surface area contributed by atoms with E-state index in [0.29, 0.717) is 56.4 Å². The minimum atomic E-state index is -2.86. The van der Waals surface area contributed by atoms with Crippen LogP contribution in [-0.2, 0) is 18.4 Å². The third-order valence-electron chi connectivity index (χ3n) is 9.25. The van der Waals surface area contributed by atoms with Crippen molar-refractivity contribution in [3.63, 3.8) is 0 Å². The number of hydrogen-bond donors (Lipinski definition) is 2. The first-order valence-electron chi connectivity index (χ1n) is 13.6. The van der Waals surface area contributed by atoms with Gasteiger partial charge in [-0.1, -0.05) is 38.1 Å². The monoisotopic (exact) mass is 559 g/mol. The number of alkyl halides is 2. The number of rotatable bonds is 4. The van der Waals surface area contributed by atoms with Crippen LogP contribution < -0.4 is 5.32 Å². The van der Waals surface area contributed by atoms with Crippen molar-refractivity contribution in [2.24, 2.45) is 5.41 Å². The Morgan fingerprint density at radius 3 is 2.51 bits per heavy atom. The number of amides is 2. The summed E-state index contributed by atoms with van der Waals surface area (Å²) in [4.78, 5) is 29.7. The minimum absolute atomic E-state index is 0. The SMILES string of the molecule is CC1(C)CN(C[C@@H](O)[C@@H]2Cc3ccccc3CN2)C(=O)c2ccc(C(=O)N3CCC4(CC4)C(F)(F)C3)cc21.Cl. The molecule has 9 heteroatoms. The number of carbonyl (C=O) groups excluding carboxylic acids is 2. The third-order valence-corrected chi connectivity index (χ3v) is 9.25. The zero-order valence-electron chi connectivity index (χ0n) is 22.4. The Kier molecular flexibility index (Phi) is 7.05. The number of benzene rings is 2. The van der Waals surface area contributed by atoms with Gasteiger partial charge in [0.2, 0.25) is 0 Å². The van der Waals surface area contributed by atoms with E-state index < -0.39 is 35.3 Å². The fourth-order valence-electron chi connectivity index (χ4n) is 6.62. The second kappa shape index (κ2) is 9.82.